The third-order valence-electron chi connectivity index (χ3n) is 5.91. The van der Waals surface area contributed by atoms with Gasteiger partial charge in [-0.2, -0.15) is 4.98 Å². The Morgan fingerprint density at radius 2 is 1.97 bits per heavy atom. The van der Waals surface area contributed by atoms with E-state index >= 15 is 0 Å². The molecule has 0 N–H and O–H groups in total. The summed E-state index contributed by atoms with van der Waals surface area (Å²) in [7, 11) is 3.19. The summed E-state index contributed by atoms with van der Waals surface area (Å²) in [4.78, 5) is 31.1. The van der Waals surface area contributed by atoms with Crippen molar-refractivity contribution < 1.29 is 14.3 Å². The predicted molar refractivity (Wildman–Crippen MR) is 109 cm³/mol. The molecule has 2 aliphatic rings. The van der Waals surface area contributed by atoms with Gasteiger partial charge in [-0.1, -0.05) is 6.07 Å². The minimum Gasteiger partial charge on any atom is -0.493 e. The average Bonchev–Trinajstić information content (AvgIpc) is 3.21. The number of carbonyl (C=O) groups is 1. The van der Waals surface area contributed by atoms with Crippen LogP contribution in [0.4, 0.5) is 0 Å². The highest BCUT2D eigenvalue weighted by atomic mass is 16.5. The zero-order valence-corrected chi connectivity index (χ0v) is 17.0. The molecule has 1 fully saturated rings. The van der Waals surface area contributed by atoms with Crippen LogP contribution in [0.5, 0.6) is 11.5 Å². The van der Waals surface area contributed by atoms with Crippen molar-refractivity contribution in [2.24, 2.45) is 0 Å². The number of benzene rings is 1. The number of aryl methyl sites for hydroxylation is 1. The predicted octanol–water partition coefficient (Wildman–Crippen LogP) is 2.16. The fraction of sp³-hybridized carbons (Fsp3) is 0.500. The van der Waals surface area contributed by atoms with Gasteiger partial charge >= 0.3 is 0 Å². The van der Waals surface area contributed by atoms with Crippen LogP contribution >= 0.6 is 0 Å². The fourth-order valence-electron chi connectivity index (χ4n) is 4.48. The molecule has 1 aromatic heterocycles. The average molecular weight is 397 g/mol. The zero-order valence-electron chi connectivity index (χ0n) is 17.0. The lowest BCUT2D eigenvalue weighted by Crippen LogP contribution is -2.41. The lowest BCUT2D eigenvalue weighted by Gasteiger charge is -2.34. The number of nitrogens with zero attached hydrogens (tertiary/aromatic N) is 3. The van der Waals surface area contributed by atoms with Gasteiger partial charge in [-0.25, -0.2) is 0 Å². The van der Waals surface area contributed by atoms with Crippen molar-refractivity contribution in [3.8, 4) is 11.5 Å². The molecule has 29 heavy (non-hydrogen) atoms. The maximum atomic E-state index is 13.0. The Kier molecular flexibility index (Phi) is 5.56. The smallest absolute Gasteiger partial charge is 0.273 e. The van der Waals surface area contributed by atoms with Gasteiger partial charge in [0.15, 0.2) is 11.5 Å². The van der Waals surface area contributed by atoms with Crippen molar-refractivity contribution in [1.82, 2.24) is 14.5 Å². The molecule has 7 heteroatoms. The van der Waals surface area contributed by atoms with Crippen molar-refractivity contribution in [3.63, 3.8) is 0 Å². The number of hydrogen-bond acceptors (Lipinski definition) is 5. The molecule has 1 aromatic carbocycles. The number of methoxy groups -OCH3 is 2. The van der Waals surface area contributed by atoms with Crippen LogP contribution in [0.15, 0.2) is 29.1 Å². The molecule has 2 aliphatic heterocycles. The topological polar surface area (TPSA) is 73.7 Å². The number of ether oxygens (including phenoxy) is 2. The van der Waals surface area contributed by atoms with Gasteiger partial charge in [0.2, 0.25) is 5.91 Å². The van der Waals surface area contributed by atoms with Crippen LogP contribution in [-0.4, -0.2) is 47.7 Å². The summed E-state index contributed by atoms with van der Waals surface area (Å²) in [5, 5.41) is 0. The van der Waals surface area contributed by atoms with E-state index in [1.165, 1.54) is 0 Å². The number of amides is 1. The molecule has 3 heterocycles. The standard InChI is InChI=1S/C22H27N3O4/c1-28-18-8-7-15(11-19(18)29-2)12-22(27)24-9-3-5-16(14-24)17-13-21(26)23-20-6-4-10-25(17)20/h7-8,11,13,16H,3-6,9-10,12,14H2,1-2H3/t16-/m1/s1. The molecule has 0 aliphatic carbocycles. The molecular formula is C22H27N3O4. The van der Waals surface area contributed by atoms with Crippen LogP contribution in [-0.2, 0) is 24.2 Å². The minimum atomic E-state index is -0.165. The van der Waals surface area contributed by atoms with E-state index in [9.17, 15) is 9.59 Å². The van der Waals surface area contributed by atoms with E-state index < -0.39 is 0 Å². The Balaban J connectivity index is 1.49. The van der Waals surface area contributed by atoms with Crippen LogP contribution in [0.3, 0.4) is 0 Å². The third-order valence-corrected chi connectivity index (χ3v) is 5.91. The molecule has 1 amide bonds. The van der Waals surface area contributed by atoms with E-state index in [0.29, 0.717) is 24.5 Å². The van der Waals surface area contributed by atoms with E-state index in [2.05, 4.69) is 9.55 Å². The number of likely N-dealkylation sites (tertiary alicyclic amines) is 1. The SMILES string of the molecule is COc1ccc(CC(=O)N2CCC[C@@H](c3cc(=O)nc4n3CCC4)C2)cc1OC. The molecule has 0 saturated carbocycles. The van der Waals surface area contributed by atoms with Crippen LogP contribution in [0, 0.1) is 0 Å². The maximum absolute atomic E-state index is 13.0. The highest BCUT2D eigenvalue weighted by Crippen LogP contribution is 2.30. The number of aromatic nitrogens is 2. The normalized spacial score (nSPS) is 18.4. The summed E-state index contributed by atoms with van der Waals surface area (Å²) in [6, 6.07) is 7.25. The van der Waals surface area contributed by atoms with Gasteiger partial charge in [0.1, 0.15) is 5.82 Å². The third kappa shape index (κ3) is 3.99. The molecule has 0 radical (unpaired) electrons. The Hall–Kier alpha value is -2.83. The molecule has 154 valence electrons. The highest BCUT2D eigenvalue weighted by molar-refractivity contribution is 5.79. The monoisotopic (exact) mass is 397 g/mol. The van der Waals surface area contributed by atoms with E-state index in [4.69, 9.17) is 9.47 Å². The van der Waals surface area contributed by atoms with E-state index in [-0.39, 0.29) is 17.4 Å². The second-order valence-corrected chi connectivity index (χ2v) is 7.74. The number of hydrogen-bond donors (Lipinski definition) is 0. The van der Waals surface area contributed by atoms with Gasteiger partial charge in [0.05, 0.1) is 20.6 Å². The van der Waals surface area contributed by atoms with E-state index in [0.717, 1.165) is 55.9 Å². The lowest BCUT2D eigenvalue weighted by atomic mass is 9.93. The Bertz CT molecular complexity index is 969. The molecule has 1 saturated heterocycles. The van der Waals surface area contributed by atoms with Gasteiger partial charge in [0.25, 0.3) is 5.56 Å². The number of fused-ring (bicyclic) bond motifs is 1. The van der Waals surface area contributed by atoms with Gasteiger partial charge in [0, 0.05) is 43.7 Å². The second kappa shape index (κ2) is 8.27. The van der Waals surface area contributed by atoms with Gasteiger partial charge in [-0.05, 0) is 37.0 Å². The summed E-state index contributed by atoms with van der Waals surface area (Å²) in [5.74, 6) is 2.45. The molecule has 1 atom stereocenters. The molecule has 0 bridgehead atoms. The Morgan fingerprint density at radius 3 is 2.76 bits per heavy atom. The molecule has 0 spiro atoms. The van der Waals surface area contributed by atoms with Crippen molar-refractivity contribution in [2.45, 2.75) is 44.6 Å². The van der Waals surface area contributed by atoms with Crippen LogP contribution in [0.25, 0.3) is 0 Å². The fourth-order valence-corrected chi connectivity index (χ4v) is 4.48. The first kappa shape index (κ1) is 19.5. The zero-order chi connectivity index (χ0) is 20.4. The van der Waals surface area contributed by atoms with Crippen LogP contribution in [0.2, 0.25) is 0 Å². The molecule has 7 nitrogen and oxygen atoms in total. The van der Waals surface area contributed by atoms with Crippen LogP contribution in [0.1, 0.15) is 42.3 Å². The largest absolute Gasteiger partial charge is 0.493 e. The summed E-state index contributed by atoms with van der Waals surface area (Å²) in [6.45, 7) is 2.31. The number of carbonyl (C=O) groups excluding carboxylic acids is 1. The van der Waals surface area contributed by atoms with Gasteiger partial charge in [-0.15, -0.1) is 0 Å². The molecule has 4 rings (SSSR count). The second-order valence-electron chi connectivity index (χ2n) is 7.74. The number of rotatable bonds is 5. The maximum Gasteiger partial charge on any atom is 0.273 e. The van der Waals surface area contributed by atoms with Gasteiger partial charge in [-0.3, -0.25) is 9.59 Å². The van der Waals surface area contributed by atoms with Crippen LogP contribution < -0.4 is 15.0 Å². The summed E-state index contributed by atoms with van der Waals surface area (Å²) >= 11 is 0. The first-order valence-electron chi connectivity index (χ1n) is 10.2. The first-order chi connectivity index (χ1) is 14.1. The van der Waals surface area contributed by atoms with Crippen molar-refractivity contribution >= 4 is 5.91 Å². The minimum absolute atomic E-state index is 0.0972. The van der Waals surface area contributed by atoms with E-state index in [1.54, 1.807) is 20.3 Å². The summed E-state index contributed by atoms with van der Waals surface area (Å²) in [5.41, 5.74) is 1.78. The summed E-state index contributed by atoms with van der Waals surface area (Å²) < 4.78 is 12.8. The molecule has 0 unspecified atom stereocenters. The van der Waals surface area contributed by atoms with Crippen molar-refractivity contribution in [1.29, 1.82) is 0 Å². The molecular weight excluding hydrogens is 370 g/mol. The Morgan fingerprint density at radius 1 is 1.14 bits per heavy atom. The summed E-state index contributed by atoms with van der Waals surface area (Å²) in [6.07, 6.45) is 4.13. The van der Waals surface area contributed by atoms with E-state index in [1.807, 2.05) is 23.1 Å². The first-order valence-corrected chi connectivity index (χ1v) is 10.2. The Labute approximate surface area is 170 Å². The van der Waals surface area contributed by atoms with Crippen molar-refractivity contribution in [2.75, 3.05) is 27.3 Å². The highest BCUT2D eigenvalue weighted by Gasteiger charge is 2.28. The lowest BCUT2D eigenvalue weighted by molar-refractivity contribution is -0.131. The van der Waals surface area contributed by atoms with Crippen molar-refractivity contribution in [3.05, 3.63) is 51.7 Å². The van der Waals surface area contributed by atoms with Gasteiger partial charge < -0.3 is 18.9 Å². The molecule has 2 aromatic rings. The quantitative estimate of drug-likeness (QED) is 0.773. The number of piperidine rings is 1.